The number of aliphatic carboxylic acids is 1. The van der Waals surface area contributed by atoms with Gasteiger partial charge in [-0.2, -0.15) is 0 Å². The Labute approximate surface area is 100 Å². The number of rotatable bonds is 2. The van der Waals surface area contributed by atoms with Gasteiger partial charge in [0, 0.05) is 11.3 Å². The molecule has 92 valence electrons. The number of benzene rings is 1. The zero-order chi connectivity index (χ0) is 12.6. The van der Waals surface area contributed by atoms with Gasteiger partial charge in [-0.3, -0.25) is 4.79 Å². The molecule has 1 aromatic rings. The van der Waals surface area contributed by atoms with E-state index in [1.54, 1.807) is 6.07 Å². The second-order valence-corrected chi connectivity index (χ2v) is 4.80. The van der Waals surface area contributed by atoms with E-state index in [1.165, 1.54) is 0 Å². The average molecular weight is 235 g/mol. The van der Waals surface area contributed by atoms with E-state index in [1.807, 2.05) is 26.0 Å². The number of carboxylic acids is 1. The zero-order valence-corrected chi connectivity index (χ0v) is 10.0. The number of ether oxygens (including phenoxy) is 1. The van der Waals surface area contributed by atoms with Crippen LogP contribution in [0.5, 0.6) is 5.75 Å². The molecular weight excluding hydrogens is 218 g/mol. The molecule has 4 nitrogen and oxygen atoms in total. The highest BCUT2D eigenvalue weighted by Gasteiger charge is 2.37. The van der Waals surface area contributed by atoms with Crippen LogP contribution in [0.15, 0.2) is 18.2 Å². The Morgan fingerprint density at radius 2 is 2.24 bits per heavy atom. The van der Waals surface area contributed by atoms with Gasteiger partial charge >= 0.3 is 5.97 Å². The molecule has 0 radical (unpaired) electrons. The lowest BCUT2D eigenvalue weighted by atomic mass is 9.85. The van der Waals surface area contributed by atoms with Crippen LogP contribution in [0.1, 0.15) is 19.4 Å². The van der Waals surface area contributed by atoms with Crippen LogP contribution < -0.4 is 10.5 Å². The zero-order valence-electron chi connectivity index (χ0n) is 10.0. The van der Waals surface area contributed by atoms with E-state index < -0.39 is 11.9 Å². The van der Waals surface area contributed by atoms with Gasteiger partial charge in [0.2, 0.25) is 0 Å². The molecule has 0 saturated carbocycles. The Hall–Kier alpha value is -1.71. The van der Waals surface area contributed by atoms with E-state index in [2.05, 4.69) is 0 Å². The van der Waals surface area contributed by atoms with E-state index in [4.69, 9.17) is 10.5 Å². The van der Waals surface area contributed by atoms with Gasteiger partial charge in [0.15, 0.2) is 0 Å². The number of fused-ring (bicyclic) bond motifs is 1. The average Bonchev–Trinajstić information content (AvgIpc) is 2.27. The number of nitrogens with two attached hydrogens (primary N) is 1. The molecule has 0 aliphatic carbocycles. The summed E-state index contributed by atoms with van der Waals surface area (Å²) in [6.07, 6.45) is 0.155. The molecule has 0 bridgehead atoms. The van der Waals surface area contributed by atoms with Gasteiger partial charge < -0.3 is 15.6 Å². The molecule has 0 fully saturated rings. The summed E-state index contributed by atoms with van der Waals surface area (Å²) in [6, 6.07) is 5.45. The first kappa shape index (κ1) is 11.8. The second-order valence-electron chi connectivity index (χ2n) is 4.80. The predicted octanol–water partition coefficient (Wildman–Crippen LogP) is 1.93. The summed E-state index contributed by atoms with van der Waals surface area (Å²) in [5.41, 5.74) is 7.28. The maximum absolute atomic E-state index is 11.3. The van der Waals surface area contributed by atoms with Crippen molar-refractivity contribution >= 4 is 11.7 Å². The minimum atomic E-state index is -0.822. The highest BCUT2D eigenvalue weighted by Crippen LogP contribution is 2.36. The number of nitrogen functional groups attached to an aromatic ring is 1. The molecule has 2 unspecified atom stereocenters. The Balaban J connectivity index is 2.40. The molecule has 1 aliphatic rings. The minimum Gasteiger partial charge on any atom is -0.489 e. The van der Waals surface area contributed by atoms with Crippen molar-refractivity contribution in [3.63, 3.8) is 0 Å². The van der Waals surface area contributed by atoms with E-state index in [0.717, 1.165) is 11.3 Å². The Morgan fingerprint density at radius 1 is 1.53 bits per heavy atom. The van der Waals surface area contributed by atoms with Crippen LogP contribution >= 0.6 is 0 Å². The van der Waals surface area contributed by atoms with Crippen molar-refractivity contribution in [2.45, 2.75) is 26.4 Å². The summed E-state index contributed by atoms with van der Waals surface area (Å²) in [6.45, 7) is 3.94. The molecule has 4 heteroatoms. The normalized spacial score (nSPS) is 23.0. The molecule has 0 amide bonds. The molecule has 1 heterocycles. The highest BCUT2D eigenvalue weighted by molar-refractivity contribution is 5.73. The van der Waals surface area contributed by atoms with Crippen molar-refractivity contribution < 1.29 is 14.6 Å². The first-order chi connectivity index (χ1) is 8.00. The van der Waals surface area contributed by atoms with Gasteiger partial charge in [0.05, 0.1) is 5.92 Å². The summed E-state index contributed by atoms with van der Waals surface area (Å²) in [7, 11) is 0. The standard InChI is InChI=1S/C13H17NO3/c1-7(2)12-9(13(15)16)6-8-10(14)4-3-5-11(8)17-12/h3-5,7,9,12H,6,14H2,1-2H3,(H,15,16). The van der Waals surface area contributed by atoms with Gasteiger partial charge in [-0.1, -0.05) is 19.9 Å². The maximum Gasteiger partial charge on any atom is 0.310 e. The van der Waals surface area contributed by atoms with Gasteiger partial charge in [0.1, 0.15) is 11.9 Å². The lowest BCUT2D eigenvalue weighted by Crippen LogP contribution is -2.41. The van der Waals surface area contributed by atoms with Gasteiger partial charge in [-0.25, -0.2) is 0 Å². The Bertz CT molecular complexity index is 442. The van der Waals surface area contributed by atoms with Crippen LogP contribution in [0.3, 0.4) is 0 Å². The van der Waals surface area contributed by atoms with Crippen molar-refractivity contribution in [2.75, 3.05) is 5.73 Å². The summed E-state index contributed by atoms with van der Waals surface area (Å²) in [5.74, 6) is -0.461. The number of hydrogen-bond donors (Lipinski definition) is 2. The van der Waals surface area contributed by atoms with E-state index in [0.29, 0.717) is 12.1 Å². The molecule has 0 aromatic heterocycles. The predicted molar refractivity (Wildman–Crippen MR) is 64.9 cm³/mol. The third-order valence-corrected chi connectivity index (χ3v) is 3.23. The summed E-state index contributed by atoms with van der Waals surface area (Å²) >= 11 is 0. The number of carbonyl (C=O) groups is 1. The highest BCUT2D eigenvalue weighted by atomic mass is 16.5. The van der Waals surface area contributed by atoms with E-state index >= 15 is 0 Å². The third-order valence-electron chi connectivity index (χ3n) is 3.23. The fraction of sp³-hybridized carbons (Fsp3) is 0.462. The second kappa shape index (κ2) is 4.28. The van der Waals surface area contributed by atoms with Gasteiger partial charge in [-0.15, -0.1) is 0 Å². The molecule has 17 heavy (non-hydrogen) atoms. The molecular formula is C13H17NO3. The lowest BCUT2D eigenvalue weighted by molar-refractivity contribution is -0.146. The molecule has 2 rings (SSSR count). The van der Waals surface area contributed by atoms with Crippen LogP contribution in [0.4, 0.5) is 5.69 Å². The Morgan fingerprint density at radius 3 is 2.82 bits per heavy atom. The first-order valence-electron chi connectivity index (χ1n) is 5.77. The largest absolute Gasteiger partial charge is 0.489 e. The van der Waals surface area contributed by atoms with Crippen LogP contribution in [0, 0.1) is 11.8 Å². The number of carboxylic acid groups (broad SMARTS) is 1. The number of anilines is 1. The molecule has 3 N–H and O–H groups in total. The minimum absolute atomic E-state index is 0.158. The molecule has 0 spiro atoms. The molecule has 1 aromatic carbocycles. The van der Waals surface area contributed by atoms with Gasteiger partial charge in [-0.05, 0) is 24.5 Å². The summed E-state index contributed by atoms with van der Waals surface area (Å²) in [5, 5.41) is 9.25. The quantitative estimate of drug-likeness (QED) is 0.768. The fourth-order valence-electron chi connectivity index (χ4n) is 2.30. The topological polar surface area (TPSA) is 72.5 Å². The van der Waals surface area contributed by atoms with Crippen molar-refractivity contribution in [1.29, 1.82) is 0 Å². The maximum atomic E-state index is 11.3. The summed E-state index contributed by atoms with van der Waals surface area (Å²) < 4.78 is 5.79. The van der Waals surface area contributed by atoms with Crippen molar-refractivity contribution in [2.24, 2.45) is 11.8 Å². The summed E-state index contributed by atoms with van der Waals surface area (Å²) in [4.78, 5) is 11.3. The molecule has 1 aliphatic heterocycles. The molecule has 0 saturated heterocycles. The van der Waals surface area contributed by atoms with Crippen LogP contribution in [0.2, 0.25) is 0 Å². The van der Waals surface area contributed by atoms with E-state index in [-0.39, 0.29) is 12.0 Å². The van der Waals surface area contributed by atoms with Gasteiger partial charge in [0.25, 0.3) is 0 Å². The smallest absolute Gasteiger partial charge is 0.310 e. The van der Waals surface area contributed by atoms with Crippen LogP contribution in [0.25, 0.3) is 0 Å². The fourth-order valence-corrected chi connectivity index (χ4v) is 2.30. The van der Waals surface area contributed by atoms with E-state index in [9.17, 15) is 9.90 Å². The SMILES string of the molecule is CC(C)C1Oc2cccc(N)c2CC1C(=O)O. The number of hydrogen-bond acceptors (Lipinski definition) is 3. The first-order valence-corrected chi connectivity index (χ1v) is 5.77. The third kappa shape index (κ3) is 2.07. The molecule has 2 atom stereocenters. The van der Waals surface area contributed by atoms with Crippen LogP contribution in [-0.4, -0.2) is 17.2 Å². The van der Waals surface area contributed by atoms with Crippen molar-refractivity contribution in [3.05, 3.63) is 23.8 Å². The lowest BCUT2D eigenvalue weighted by Gasteiger charge is -2.34. The van der Waals surface area contributed by atoms with Crippen molar-refractivity contribution in [1.82, 2.24) is 0 Å². The van der Waals surface area contributed by atoms with Crippen LogP contribution in [-0.2, 0) is 11.2 Å². The Kier molecular flexibility index (Phi) is 2.96. The van der Waals surface area contributed by atoms with Crippen molar-refractivity contribution in [3.8, 4) is 5.75 Å². The monoisotopic (exact) mass is 235 g/mol.